The first-order valence-electron chi connectivity index (χ1n) is 6.49. The largest absolute Gasteiger partial charge is 0.326 e. The van der Waals surface area contributed by atoms with Gasteiger partial charge >= 0.3 is 0 Å². The van der Waals surface area contributed by atoms with Crippen molar-refractivity contribution in [3.63, 3.8) is 0 Å². The van der Waals surface area contributed by atoms with Gasteiger partial charge in [-0.25, -0.2) is 17.5 Å². The van der Waals surface area contributed by atoms with Gasteiger partial charge in [0.25, 0.3) is 0 Å². The Balaban J connectivity index is 2.20. The summed E-state index contributed by atoms with van der Waals surface area (Å²) in [6, 6.07) is 11.7. The van der Waals surface area contributed by atoms with E-state index in [4.69, 9.17) is 5.73 Å². The first-order chi connectivity index (χ1) is 9.92. The Hall–Kier alpha value is -1.76. The van der Waals surface area contributed by atoms with Crippen LogP contribution in [0.15, 0.2) is 53.4 Å². The lowest BCUT2D eigenvalue weighted by molar-refractivity contribution is 0.564. The lowest BCUT2D eigenvalue weighted by atomic mass is 10.1. The van der Waals surface area contributed by atoms with Gasteiger partial charge in [0, 0.05) is 12.6 Å². The Morgan fingerprint density at radius 3 is 2.43 bits per heavy atom. The molecule has 0 bridgehead atoms. The number of nitrogens with two attached hydrogens (primary N) is 1. The second kappa shape index (κ2) is 6.34. The highest BCUT2D eigenvalue weighted by atomic mass is 32.2. The molecule has 0 aliphatic carbocycles. The minimum atomic E-state index is -3.66. The molecule has 2 aromatic carbocycles. The summed E-state index contributed by atoms with van der Waals surface area (Å²) in [5.41, 5.74) is 6.90. The number of rotatable bonds is 5. The molecule has 112 valence electrons. The summed E-state index contributed by atoms with van der Waals surface area (Å²) in [6.07, 6.45) is 0. The molecule has 0 fully saturated rings. The molecule has 0 spiro atoms. The standard InChI is InChI=1S/C15H17FN2O2S/c1-11(13-3-2-4-14(16)9-13)18-21(19,20)15-7-5-12(10-17)6-8-15/h2-9,11,18H,10,17H2,1H3. The maximum atomic E-state index is 13.2. The molecule has 0 aliphatic rings. The van der Waals surface area contributed by atoms with Crippen LogP contribution in [0.4, 0.5) is 4.39 Å². The molecule has 0 saturated heterocycles. The van der Waals surface area contributed by atoms with E-state index in [-0.39, 0.29) is 4.90 Å². The fourth-order valence-electron chi connectivity index (χ4n) is 1.95. The summed E-state index contributed by atoms with van der Waals surface area (Å²) in [5.74, 6) is -0.397. The Bertz CT molecular complexity index is 715. The van der Waals surface area contributed by atoms with Gasteiger partial charge in [0.1, 0.15) is 5.82 Å². The Morgan fingerprint density at radius 2 is 1.86 bits per heavy atom. The summed E-state index contributed by atoms with van der Waals surface area (Å²) in [5, 5.41) is 0. The molecule has 1 unspecified atom stereocenters. The van der Waals surface area contributed by atoms with Crippen molar-refractivity contribution < 1.29 is 12.8 Å². The van der Waals surface area contributed by atoms with Crippen molar-refractivity contribution in [3.8, 4) is 0 Å². The van der Waals surface area contributed by atoms with E-state index >= 15 is 0 Å². The molecule has 0 aliphatic heterocycles. The average Bonchev–Trinajstić information content (AvgIpc) is 2.47. The van der Waals surface area contributed by atoms with Crippen molar-refractivity contribution in [3.05, 3.63) is 65.5 Å². The molecule has 0 saturated carbocycles. The average molecular weight is 308 g/mol. The van der Waals surface area contributed by atoms with Gasteiger partial charge in [-0.1, -0.05) is 24.3 Å². The molecule has 0 radical (unpaired) electrons. The van der Waals surface area contributed by atoms with Crippen LogP contribution in [0.1, 0.15) is 24.1 Å². The van der Waals surface area contributed by atoms with Gasteiger partial charge in [0.05, 0.1) is 4.90 Å². The predicted octanol–water partition coefficient (Wildman–Crippen LogP) is 2.32. The van der Waals surface area contributed by atoms with Crippen LogP contribution >= 0.6 is 0 Å². The van der Waals surface area contributed by atoms with Gasteiger partial charge in [-0.15, -0.1) is 0 Å². The fourth-order valence-corrected chi connectivity index (χ4v) is 3.18. The first-order valence-corrected chi connectivity index (χ1v) is 7.97. The van der Waals surface area contributed by atoms with Crippen LogP contribution in [0.2, 0.25) is 0 Å². The minimum Gasteiger partial charge on any atom is -0.326 e. The summed E-state index contributed by atoms with van der Waals surface area (Å²) in [7, 11) is -3.66. The highest BCUT2D eigenvalue weighted by Gasteiger charge is 2.18. The Morgan fingerprint density at radius 1 is 1.19 bits per heavy atom. The van der Waals surface area contributed by atoms with Crippen LogP contribution in [0.25, 0.3) is 0 Å². The second-order valence-corrected chi connectivity index (χ2v) is 6.46. The molecule has 0 heterocycles. The van der Waals surface area contributed by atoms with Crippen LogP contribution in [0.3, 0.4) is 0 Å². The third-order valence-corrected chi connectivity index (χ3v) is 4.71. The molecular weight excluding hydrogens is 291 g/mol. The number of hydrogen-bond donors (Lipinski definition) is 2. The molecule has 2 rings (SSSR count). The summed E-state index contributed by atoms with van der Waals surface area (Å²) in [4.78, 5) is 0.156. The van der Waals surface area contributed by atoms with Crippen molar-refractivity contribution in [1.82, 2.24) is 4.72 Å². The molecule has 0 aromatic heterocycles. The summed E-state index contributed by atoms with van der Waals surface area (Å²) < 4.78 is 40.2. The van der Waals surface area contributed by atoms with E-state index in [0.29, 0.717) is 12.1 Å². The minimum absolute atomic E-state index is 0.156. The van der Waals surface area contributed by atoms with Gasteiger partial charge in [0.2, 0.25) is 10.0 Å². The Labute approximate surface area is 123 Å². The molecule has 2 aromatic rings. The molecule has 3 N–H and O–H groups in total. The predicted molar refractivity (Wildman–Crippen MR) is 79.5 cm³/mol. The number of hydrogen-bond acceptors (Lipinski definition) is 3. The van der Waals surface area contributed by atoms with Crippen LogP contribution in [0.5, 0.6) is 0 Å². The number of sulfonamides is 1. The smallest absolute Gasteiger partial charge is 0.241 e. The van der Waals surface area contributed by atoms with Crippen LogP contribution in [-0.4, -0.2) is 8.42 Å². The topological polar surface area (TPSA) is 72.2 Å². The summed E-state index contributed by atoms with van der Waals surface area (Å²) in [6.45, 7) is 2.02. The van der Waals surface area contributed by atoms with E-state index in [2.05, 4.69) is 4.72 Å². The summed E-state index contributed by atoms with van der Waals surface area (Å²) >= 11 is 0. The normalized spacial score (nSPS) is 13.1. The van der Waals surface area contributed by atoms with Crippen LogP contribution < -0.4 is 10.5 Å². The lowest BCUT2D eigenvalue weighted by Crippen LogP contribution is -2.27. The van der Waals surface area contributed by atoms with Crippen molar-refractivity contribution in [2.45, 2.75) is 24.4 Å². The van der Waals surface area contributed by atoms with E-state index in [1.54, 1.807) is 31.2 Å². The monoisotopic (exact) mass is 308 g/mol. The molecule has 4 nitrogen and oxygen atoms in total. The van der Waals surface area contributed by atoms with Gasteiger partial charge in [0.15, 0.2) is 0 Å². The van der Waals surface area contributed by atoms with Gasteiger partial charge < -0.3 is 5.73 Å². The van der Waals surface area contributed by atoms with Crippen LogP contribution in [-0.2, 0) is 16.6 Å². The highest BCUT2D eigenvalue weighted by molar-refractivity contribution is 7.89. The maximum absolute atomic E-state index is 13.2. The third-order valence-electron chi connectivity index (χ3n) is 3.15. The van der Waals surface area contributed by atoms with E-state index in [9.17, 15) is 12.8 Å². The quantitative estimate of drug-likeness (QED) is 0.890. The van der Waals surface area contributed by atoms with Gasteiger partial charge in [-0.2, -0.15) is 0 Å². The number of halogens is 1. The zero-order valence-corrected chi connectivity index (χ0v) is 12.4. The number of benzene rings is 2. The lowest BCUT2D eigenvalue weighted by Gasteiger charge is -2.15. The van der Waals surface area contributed by atoms with Crippen molar-refractivity contribution in [2.75, 3.05) is 0 Å². The first kappa shape index (κ1) is 15.6. The van der Waals surface area contributed by atoms with Gasteiger partial charge in [-0.3, -0.25) is 0 Å². The maximum Gasteiger partial charge on any atom is 0.241 e. The third kappa shape index (κ3) is 3.87. The number of nitrogens with one attached hydrogen (secondary N) is 1. The highest BCUT2D eigenvalue weighted by Crippen LogP contribution is 2.18. The zero-order chi connectivity index (χ0) is 15.5. The van der Waals surface area contributed by atoms with Crippen molar-refractivity contribution >= 4 is 10.0 Å². The molecule has 6 heteroatoms. The SMILES string of the molecule is CC(NS(=O)(=O)c1ccc(CN)cc1)c1cccc(F)c1. The van der Waals surface area contributed by atoms with E-state index in [1.807, 2.05) is 0 Å². The van der Waals surface area contributed by atoms with E-state index in [0.717, 1.165) is 5.56 Å². The molecule has 1 atom stereocenters. The van der Waals surface area contributed by atoms with Crippen molar-refractivity contribution in [2.24, 2.45) is 5.73 Å². The second-order valence-electron chi connectivity index (χ2n) is 4.75. The van der Waals surface area contributed by atoms with Crippen LogP contribution in [0, 0.1) is 5.82 Å². The Kier molecular flexibility index (Phi) is 4.72. The molecule has 0 amide bonds. The molecular formula is C15H17FN2O2S. The van der Waals surface area contributed by atoms with Crippen molar-refractivity contribution in [1.29, 1.82) is 0 Å². The van der Waals surface area contributed by atoms with E-state index in [1.165, 1.54) is 24.3 Å². The molecule has 21 heavy (non-hydrogen) atoms. The zero-order valence-electron chi connectivity index (χ0n) is 11.6. The van der Waals surface area contributed by atoms with E-state index < -0.39 is 21.9 Å². The van der Waals surface area contributed by atoms with Gasteiger partial charge in [-0.05, 0) is 42.3 Å². The fraction of sp³-hybridized carbons (Fsp3) is 0.200.